The number of amides is 1. The zero-order valence-corrected chi connectivity index (χ0v) is 8.56. The number of methoxy groups -OCH3 is 1. The molecular weight excluding hydrogens is 192 g/mol. The first-order valence-electron chi connectivity index (χ1n) is 4.01. The molecule has 0 heterocycles. The molecule has 0 aromatic carbocycles. The summed E-state index contributed by atoms with van der Waals surface area (Å²) in [5, 5.41) is 2.58. The average Bonchev–Trinajstić information content (AvgIpc) is 2.05. The Labute approximate surface area is 80.5 Å². The van der Waals surface area contributed by atoms with Crippen LogP contribution in [-0.4, -0.2) is 48.4 Å². The van der Waals surface area contributed by atoms with E-state index in [4.69, 9.17) is 10.5 Å². The molecule has 1 atom stereocenters. The molecule has 0 bridgehead atoms. The van der Waals surface area contributed by atoms with Crippen LogP contribution in [0, 0.1) is 0 Å². The van der Waals surface area contributed by atoms with Crippen LogP contribution in [0.2, 0.25) is 0 Å². The molecule has 0 aliphatic heterocycles. The molecule has 0 aromatic heterocycles. The largest absolute Gasteiger partial charge is 0.383 e. The number of nitrogens with one attached hydrogen (secondary N) is 1. The number of carbonyl (C=O) groups excluding carboxylic acids is 1. The number of ether oxygens (including phenoxy) is 1. The molecule has 0 saturated carbocycles. The molecule has 0 aliphatic carbocycles. The molecule has 1 unspecified atom stereocenters. The Morgan fingerprint density at radius 3 is 2.85 bits per heavy atom. The van der Waals surface area contributed by atoms with Crippen molar-refractivity contribution in [1.29, 1.82) is 0 Å². The summed E-state index contributed by atoms with van der Waals surface area (Å²) in [6.07, 6.45) is 0. The molecule has 0 radical (unpaired) electrons. The molecule has 0 aliphatic rings. The highest BCUT2D eigenvalue weighted by atomic mass is 32.2. The molecule has 0 spiro atoms. The monoisotopic (exact) mass is 208 g/mol. The predicted molar refractivity (Wildman–Crippen MR) is 51.8 cm³/mol. The molecule has 5 nitrogen and oxygen atoms in total. The smallest absolute Gasteiger partial charge is 0.232 e. The standard InChI is InChI=1S/C7H16N2O3S/c1-12-4-3-9-7(10)6-13(11)5-2-8/h2-6,8H2,1H3,(H,9,10). The summed E-state index contributed by atoms with van der Waals surface area (Å²) < 4.78 is 15.8. The van der Waals surface area contributed by atoms with Gasteiger partial charge < -0.3 is 15.8 Å². The lowest BCUT2D eigenvalue weighted by atomic mass is 10.6. The maximum absolute atomic E-state index is 11.0. The summed E-state index contributed by atoms with van der Waals surface area (Å²) >= 11 is 0. The van der Waals surface area contributed by atoms with Crippen LogP contribution in [0.3, 0.4) is 0 Å². The lowest BCUT2D eigenvalue weighted by Gasteiger charge is -2.03. The maximum Gasteiger partial charge on any atom is 0.232 e. The van der Waals surface area contributed by atoms with E-state index in [9.17, 15) is 9.00 Å². The van der Waals surface area contributed by atoms with Gasteiger partial charge in [-0.25, -0.2) is 0 Å². The van der Waals surface area contributed by atoms with E-state index >= 15 is 0 Å². The van der Waals surface area contributed by atoms with Crippen LogP contribution in [0.15, 0.2) is 0 Å². The number of rotatable bonds is 7. The fourth-order valence-corrected chi connectivity index (χ4v) is 1.50. The van der Waals surface area contributed by atoms with Gasteiger partial charge in [-0.05, 0) is 0 Å². The van der Waals surface area contributed by atoms with Gasteiger partial charge >= 0.3 is 0 Å². The number of hydrogen-bond donors (Lipinski definition) is 2. The van der Waals surface area contributed by atoms with Crippen LogP contribution in [0.4, 0.5) is 0 Å². The quantitative estimate of drug-likeness (QED) is 0.497. The SMILES string of the molecule is COCCNC(=O)CS(=O)CCN. The van der Waals surface area contributed by atoms with E-state index in [1.165, 1.54) is 0 Å². The van der Waals surface area contributed by atoms with Crippen LogP contribution in [-0.2, 0) is 20.3 Å². The van der Waals surface area contributed by atoms with E-state index in [2.05, 4.69) is 5.32 Å². The zero-order valence-electron chi connectivity index (χ0n) is 7.75. The Balaban J connectivity index is 3.44. The number of nitrogens with two attached hydrogens (primary N) is 1. The lowest BCUT2D eigenvalue weighted by Crippen LogP contribution is -2.32. The summed E-state index contributed by atoms with van der Waals surface area (Å²) in [7, 11) is 0.421. The van der Waals surface area contributed by atoms with E-state index in [1.54, 1.807) is 7.11 Å². The second kappa shape index (κ2) is 8.15. The van der Waals surface area contributed by atoms with Gasteiger partial charge in [0.05, 0.1) is 6.61 Å². The third-order valence-electron chi connectivity index (χ3n) is 1.27. The highest BCUT2D eigenvalue weighted by Gasteiger charge is 2.05. The van der Waals surface area contributed by atoms with Crippen molar-refractivity contribution < 1.29 is 13.7 Å². The highest BCUT2D eigenvalue weighted by molar-refractivity contribution is 7.85. The summed E-state index contributed by atoms with van der Waals surface area (Å²) in [6.45, 7) is 1.27. The van der Waals surface area contributed by atoms with Crippen LogP contribution in [0.5, 0.6) is 0 Å². The molecule has 78 valence electrons. The van der Waals surface area contributed by atoms with E-state index < -0.39 is 10.8 Å². The van der Waals surface area contributed by atoms with E-state index in [-0.39, 0.29) is 11.7 Å². The first-order chi connectivity index (χ1) is 6.20. The summed E-state index contributed by atoms with van der Waals surface area (Å²) in [6, 6.07) is 0. The first-order valence-corrected chi connectivity index (χ1v) is 5.50. The summed E-state index contributed by atoms with van der Waals surface area (Å²) in [5.41, 5.74) is 5.18. The topological polar surface area (TPSA) is 81.4 Å². The van der Waals surface area contributed by atoms with Crippen molar-refractivity contribution in [2.24, 2.45) is 5.73 Å². The minimum absolute atomic E-state index is 0.0287. The van der Waals surface area contributed by atoms with Crippen LogP contribution < -0.4 is 11.1 Å². The molecule has 0 fully saturated rings. The average molecular weight is 208 g/mol. The third-order valence-corrected chi connectivity index (χ3v) is 2.54. The maximum atomic E-state index is 11.0. The first kappa shape index (κ1) is 12.5. The Morgan fingerprint density at radius 1 is 1.62 bits per heavy atom. The molecular formula is C7H16N2O3S. The van der Waals surface area contributed by atoms with Crippen molar-refractivity contribution in [1.82, 2.24) is 5.32 Å². The Kier molecular flexibility index (Phi) is 7.86. The minimum atomic E-state index is -1.13. The fraction of sp³-hybridized carbons (Fsp3) is 0.857. The highest BCUT2D eigenvalue weighted by Crippen LogP contribution is 1.80. The third kappa shape index (κ3) is 7.89. The van der Waals surface area contributed by atoms with Crippen molar-refractivity contribution in [2.75, 3.05) is 38.3 Å². The van der Waals surface area contributed by atoms with Crippen LogP contribution in [0.25, 0.3) is 0 Å². The van der Waals surface area contributed by atoms with Gasteiger partial charge in [0, 0.05) is 36.8 Å². The minimum Gasteiger partial charge on any atom is -0.383 e. The summed E-state index contributed by atoms with van der Waals surface area (Å²) in [4.78, 5) is 11.0. The fourth-order valence-electron chi connectivity index (χ4n) is 0.693. The zero-order chi connectivity index (χ0) is 10.1. The van der Waals surface area contributed by atoms with Crippen molar-refractivity contribution >= 4 is 16.7 Å². The number of hydrogen-bond acceptors (Lipinski definition) is 4. The van der Waals surface area contributed by atoms with Crippen LogP contribution >= 0.6 is 0 Å². The molecule has 13 heavy (non-hydrogen) atoms. The van der Waals surface area contributed by atoms with E-state index in [1.807, 2.05) is 0 Å². The van der Waals surface area contributed by atoms with Crippen LogP contribution in [0.1, 0.15) is 0 Å². The van der Waals surface area contributed by atoms with Gasteiger partial charge in [0.2, 0.25) is 5.91 Å². The Hall–Kier alpha value is -0.460. The normalized spacial score (nSPS) is 12.5. The van der Waals surface area contributed by atoms with Gasteiger partial charge in [0.25, 0.3) is 0 Å². The van der Waals surface area contributed by atoms with Gasteiger partial charge in [0.15, 0.2) is 0 Å². The molecule has 1 amide bonds. The van der Waals surface area contributed by atoms with Gasteiger partial charge in [-0.3, -0.25) is 9.00 Å². The van der Waals surface area contributed by atoms with Crippen molar-refractivity contribution in [3.05, 3.63) is 0 Å². The van der Waals surface area contributed by atoms with Crippen molar-refractivity contribution in [2.45, 2.75) is 0 Å². The Bertz CT molecular complexity index is 175. The lowest BCUT2D eigenvalue weighted by molar-refractivity contribution is -0.118. The summed E-state index contributed by atoms with van der Waals surface area (Å²) in [5.74, 6) is 0.183. The van der Waals surface area contributed by atoms with Gasteiger partial charge in [-0.15, -0.1) is 0 Å². The van der Waals surface area contributed by atoms with Gasteiger partial charge in [-0.2, -0.15) is 0 Å². The predicted octanol–water partition coefficient (Wildman–Crippen LogP) is -1.54. The van der Waals surface area contributed by atoms with Crippen molar-refractivity contribution in [3.63, 3.8) is 0 Å². The number of carbonyl (C=O) groups is 1. The second-order valence-corrected chi connectivity index (χ2v) is 4.00. The van der Waals surface area contributed by atoms with E-state index in [0.29, 0.717) is 25.4 Å². The van der Waals surface area contributed by atoms with Crippen molar-refractivity contribution in [3.8, 4) is 0 Å². The molecule has 3 N–H and O–H groups in total. The molecule has 0 rings (SSSR count). The molecule has 0 aromatic rings. The Morgan fingerprint density at radius 2 is 2.31 bits per heavy atom. The second-order valence-electron chi connectivity index (χ2n) is 2.42. The molecule has 0 saturated heterocycles. The van der Waals surface area contributed by atoms with Gasteiger partial charge in [0.1, 0.15) is 5.75 Å². The van der Waals surface area contributed by atoms with Gasteiger partial charge in [-0.1, -0.05) is 0 Å². The van der Waals surface area contributed by atoms with E-state index in [0.717, 1.165) is 0 Å². The molecule has 6 heteroatoms.